The highest BCUT2D eigenvalue weighted by Crippen LogP contribution is 2.18. The van der Waals surface area contributed by atoms with E-state index in [1.54, 1.807) is 43.7 Å². The molecule has 7 nitrogen and oxygen atoms in total. The maximum absolute atomic E-state index is 12.4. The number of amides is 1. The van der Waals surface area contributed by atoms with Crippen LogP contribution < -0.4 is 5.32 Å². The molecule has 1 atom stereocenters. The minimum absolute atomic E-state index is 0.201. The van der Waals surface area contributed by atoms with Crippen LogP contribution in [0, 0.1) is 0 Å². The third-order valence-corrected chi connectivity index (χ3v) is 3.66. The van der Waals surface area contributed by atoms with Crippen molar-refractivity contribution in [3.05, 3.63) is 60.0 Å². The van der Waals surface area contributed by atoms with Crippen molar-refractivity contribution in [2.24, 2.45) is 0 Å². The van der Waals surface area contributed by atoms with Crippen LogP contribution in [-0.2, 0) is 6.42 Å². The smallest absolute Gasteiger partial charge is 0.252 e. The zero-order chi connectivity index (χ0) is 17.6. The fourth-order valence-electron chi connectivity index (χ4n) is 2.38. The molecule has 0 aliphatic carbocycles. The normalized spacial score (nSPS) is 11.9. The van der Waals surface area contributed by atoms with Crippen molar-refractivity contribution in [3.63, 3.8) is 0 Å². The summed E-state index contributed by atoms with van der Waals surface area (Å²) in [6.07, 6.45) is 6.80. The topological polar surface area (TPSA) is 93.8 Å². The fraction of sp³-hybridized carbons (Fsp3) is 0.278. The molecule has 3 aromatic heterocycles. The lowest BCUT2D eigenvalue weighted by molar-refractivity contribution is 0.0932. The van der Waals surface area contributed by atoms with Crippen molar-refractivity contribution in [2.75, 3.05) is 0 Å². The van der Waals surface area contributed by atoms with E-state index in [1.807, 2.05) is 6.07 Å². The number of aryl methyl sites for hydroxylation is 1. The van der Waals surface area contributed by atoms with Gasteiger partial charge in [-0.1, -0.05) is 18.5 Å². The highest BCUT2D eigenvalue weighted by atomic mass is 16.5. The monoisotopic (exact) mass is 337 g/mol. The van der Waals surface area contributed by atoms with E-state index in [0.29, 0.717) is 17.3 Å². The maximum Gasteiger partial charge on any atom is 0.252 e. The molecule has 7 heteroatoms. The second-order valence-corrected chi connectivity index (χ2v) is 5.68. The average molecular weight is 337 g/mol. The summed E-state index contributed by atoms with van der Waals surface area (Å²) in [5, 5.41) is 6.81. The van der Waals surface area contributed by atoms with Crippen molar-refractivity contribution < 1.29 is 9.32 Å². The Kier molecular flexibility index (Phi) is 5.13. The molecule has 0 saturated heterocycles. The summed E-state index contributed by atoms with van der Waals surface area (Å²) in [7, 11) is 0. The zero-order valence-corrected chi connectivity index (χ0v) is 14.1. The standard InChI is InChI=1S/C18H19N5O2/c1-3-5-15-10-13(7-9-20-15)17(24)21-12(2)18-22-16(23-25-18)14-6-4-8-19-11-14/h4,6-12H,3,5H2,1-2H3,(H,21,24). The van der Waals surface area contributed by atoms with Crippen molar-refractivity contribution in [3.8, 4) is 11.4 Å². The molecule has 128 valence electrons. The molecule has 0 bridgehead atoms. The SMILES string of the molecule is CCCc1cc(C(=O)NC(C)c2nc(-c3cccnc3)no2)ccn1. The molecule has 0 fully saturated rings. The average Bonchev–Trinajstić information content (AvgIpc) is 3.13. The summed E-state index contributed by atoms with van der Waals surface area (Å²) >= 11 is 0. The van der Waals surface area contributed by atoms with Crippen molar-refractivity contribution in [1.82, 2.24) is 25.4 Å². The lowest BCUT2D eigenvalue weighted by atomic mass is 10.1. The lowest BCUT2D eigenvalue weighted by Gasteiger charge is -2.10. The van der Waals surface area contributed by atoms with Gasteiger partial charge in [-0.3, -0.25) is 14.8 Å². The number of hydrogen-bond acceptors (Lipinski definition) is 6. The first kappa shape index (κ1) is 16.8. The summed E-state index contributed by atoms with van der Waals surface area (Å²) in [6.45, 7) is 3.87. The zero-order valence-electron chi connectivity index (χ0n) is 14.1. The van der Waals surface area contributed by atoms with Gasteiger partial charge in [0.2, 0.25) is 11.7 Å². The molecule has 1 N–H and O–H groups in total. The number of hydrogen-bond donors (Lipinski definition) is 1. The number of rotatable bonds is 6. The van der Waals surface area contributed by atoms with Gasteiger partial charge in [0.25, 0.3) is 5.91 Å². The predicted octanol–water partition coefficient (Wildman–Crippen LogP) is 2.97. The Morgan fingerprint density at radius 3 is 2.96 bits per heavy atom. The molecule has 3 rings (SSSR count). The maximum atomic E-state index is 12.4. The third kappa shape index (κ3) is 4.06. The number of carbonyl (C=O) groups excluding carboxylic acids is 1. The Hall–Kier alpha value is -3.09. The second kappa shape index (κ2) is 7.65. The molecular formula is C18H19N5O2. The lowest BCUT2D eigenvalue weighted by Crippen LogP contribution is -2.27. The van der Waals surface area contributed by atoms with Crippen LogP contribution in [0.5, 0.6) is 0 Å². The van der Waals surface area contributed by atoms with Gasteiger partial charge in [-0.2, -0.15) is 4.98 Å². The molecule has 0 radical (unpaired) electrons. The van der Waals surface area contributed by atoms with E-state index in [2.05, 4.69) is 32.3 Å². The molecule has 1 amide bonds. The summed E-state index contributed by atoms with van der Waals surface area (Å²) in [5.41, 5.74) is 2.23. The van der Waals surface area contributed by atoms with Crippen molar-refractivity contribution in [1.29, 1.82) is 0 Å². The third-order valence-electron chi connectivity index (χ3n) is 3.66. The van der Waals surface area contributed by atoms with Gasteiger partial charge in [0.15, 0.2) is 0 Å². The summed E-state index contributed by atoms with van der Waals surface area (Å²) < 4.78 is 5.26. The first-order valence-electron chi connectivity index (χ1n) is 8.17. The van der Waals surface area contributed by atoms with E-state index >= 15 is 0 Å². The number of pyridine rings is 2. The highest BCUT2D eigenvalue weighted by Gasteiger charge is 2.18. The van der Waals surface area contributed by atoms with E-state index in [9.17, 15) is 4.79 Å². The fourth-order valence-corrected chi connectivity index (χ4v) is 2.38. The molecule has 25 heavy (non-hydrogen) atoms. The van der Waals surface area contributed by atoms with Crippen LogP contribution >= 0.6 is 0 Å². The minimum atomic E-state index is -0.409. The van der Waals surface area contributed by atoms with Gasteiger partial charge >= 0.3 is 0 Å². The van der Waals surface area contributed by atoms with Gasteiger partial charge in [-0.15, -0.1) is 0 Å². The first-order chi connectivity index (χ1) is 12.2. The molecular weight excluding hydrogens is 318 g/mol. The molecule has 0 aliphatic rings. The molecule has 3 heterocycles. The van der Waals surface area contributed by atoms with Gasteiger partial charge in [-0.25, -0.2) is 0 Å². The summed E-state index contributed by atoms with van der Waals surface area (Å²) in [4.78, 5) is 25.0. The molecule has 3 aromatic rings. The van der Waals surface area contributed by atoms with Gasteiger partial charge in [0.05, 0.1) is 0 Å². The number of aromatic nitrogens is 4. The van der Waals surface area contributed by atoms with Crippen LogP contribution in [0.3, 0.4) is 0 Å². The van der Waals surface area contributed by atoms with Gasteiger partial charge in [0.1, 0.15) is 6.04 Å². The van der Waals surface area contributed by atoms with E-state index in [4.69, 9.17) is 4.52 Å². The number of carbonyl (C=O) groups is 1. The number of nitrogens with one attached hydrogen (secondary N) is 1. The molecule has 0 saturated carbocycles. The second-order valence-electron chi connectivity index (χ2n) is 5.68. The highest BCUT2D eigenvalue weighted by molar-refractivity contribution is 5.94. The first-order valence-corrected chi connectivity index (χ1v) is 8.17. The molecule has 0 aromatic carbocycles. The minimum Gasteiger partial charge on any atom is -0.341 e. The van der Waals surface area contributed by atoms with Crippen LogP contribution in [0.1, 0.15) is 48.3 Å². The van der Waals surface area contributed by atoms with E-state index in [-0.39, 0.29) is 5.91 Å². The molecule has 1 unspecified atom stereocenters. The van der Waals surface area contributed by atoms with Crippen LogP contribution in [-0.4, -0.2) is 26.0 Å². The van der Waals surface area contributed by atoms with Crippen molar-refractivity contribution >= 4 is 5.91 Å². The number of nitrogens with zero attached hydrogens (tertiary/aromatic N) is 4. The summed E-state index contributed by atoms with van der Waals surface area (Å²) in [6, 6.07) is 6.73. The largest absolute Gasteiger partial charge is 0.341 e. The van der Waals surface area contributed by atoms with Crippen LogP contribution in [0.25, 0.3) is 11.4 Å². The van der Waals surface area contributed by atoms with E-state index in [0.717, 1.165) is 24.1 Å². The Bertz CT molecular complexity index is 847. The Balaban J connectivity index is 1.70. The van der Waals surface area contributed by atoms with Gasteiger partial charge in [0, 0.05) is 35.4 Å². The quantitative estimate of drug-likeness (QED) is 0.743. The molecule has 0 spiro atoms. The summed E-state index contributed by atoms with van der Waals surface area (Å²) in [5.74, 6) is 0.585. The van der Waals surface area contributed by atoms with E-state index < -0.39 is 6.04 Å². The van der Waals surface area contributed by atoms with Gasteiger partial charge in [-0.05, 0) is 37.6 Å². The Morgan fingerprint density at radius 1 is 1.32 bits per heavy atom. The van der Waals surface area contributed by atoms with Crippen LogP contribution in [0.2, 0.25) is 0 Å². The van der Waals surface area contributed by atoms with Crippen LogP contribution in [0.4, 0.5) is 0 Å². The predicted molar refractivity (Wildman–Crippen MR) is 91.6 cm³/mol. The Labute approximate surface area is 145 Å². The Morgan fingerprint density at radius 2 is 2.20 bits per heavy atom. The molecule has 0 aliphatic heterocycles. The van der Waals surface area contributed by atoms with Crippen LogP contribution in [0.15, 0.2) is 47.4 Å². The van der Waals surface area contributed by atoms with Gasteiger partial charge < -0.3 is 9.84 Å². The van der Waals surface area contributed by atoms with Crippen molar-refractivity contribution in [2.45, 2.75) is 32.7 Å². The van der Waals surface area contributed by atoms with E-state index in [1.165, 1.54) is 0 Å².